The molecule has 1 fully saturated rings. The topological polar surface area (TPSA) is 92.7 Å². The van der Waals surface area contributed by atoms with Gasteiger partial charge >= 0.3 is 0 Å². The number of rotatable bonds is 9. The molecule has 0 saturated carbocycles. The van der Waals surface area contributed by atoms with Crippen LogP contribution in [0.25, 0.3) is 33.1 Å². The number of benzene rings is 3. The van der Waals surface area contributed by atoms with Gasteiger partial charge in [-0.2, -0.15) is 0 Å². The zero-order chi connectivity index (χ0) is 32.3. The van der Waals surface area contributed by atoms with E-state index in [4.69, 9.17) is 4.74 Å². The fourth-order valence-corrected chi connectivity index (χ4v) is 7.20. The van der Waals surface area contributed by atoms with Crippen LogP contribution in [-0.4, -0.2) is 62.6 Å². The lowest BCUT2D eigenvalue weighted by Crippen LogP contribution is -2.32. The van der Waals surface area contributed by atoms with Crippen molar-refractivity contribution >= 4 is 42.9 Å². The van der Waals surface area contributed by atoms with Crippen LogP contribution >= 0.6 is 0 Å². The summed E-state index contributed by atoms with van der Waals surface area (Å²) < 4.78 is 44.0. The second-order valence-electron chi connectivity index (χ2n) is 11.7. The molecule has 45 heavy (non-hydrogen) atoms. The molecule has 0 spiro atoms. The molecule has 6 rings (SSSR count). The molecule has 0 aliphatic carbocycles. The quantitative estimate of drug-likeness (QED) is 0.187. The van der Waals surface area contributed by atoms with E-state index in [2.05, 4.69) is 34.6 Å². The van der Waals surface area contributed by atoms with Gasteiger partial charge in [0.2, 0.25) is 0 Å². The number of aromatic nitrogens is 1. The number of hydrogen-bond acceptors (Lipinski definition) is 7. The number of likely N-dealkylation sites (tertiary alicyclic amines) is 1. The summed E-state index contributed by atoms with van der Waals surface area (Å²) in [6.45, 7) is 8.97. The normalized spacial score (nSPS) is 16.2. The third-order valence-corrected chi connectivity index (χ3v) is 9.75. The SMILES string of the molecule is CC=C(NCCC1CCCN1CC)c1cn2c3c(c(NC)c(F)cc3c1=O)Oc1cc3ccccc3cc1-2.CCCS(C)(=O)=O. The van der Waals surface area contributed by atoms with Gasteiger partial charge in [0.25, 0.3) is 0 Å². The summed E-state index contributed by atoms with van der Waals surface area (Å²) >= 11 is 0. The second-order valence-corrected chi connectivity index (χ2v) is 14.0. The first-order valence-electron chi connectivity index (χ1n) is 15.7. The van der Waals surface area contributed by atoms with Gasteiger partial charge in [-0.05, 0) is 74.7 Å². The molecule has 2 aliphatic heterocycles. The number of sulfone groups is 1. The van der Waals surface area contributed by atoms with Crippen LogP contribution in [0.15, 0.2) is 59.5 Å². The molecule has 0 amide bonds. The minimum absolute atomic E-state index is 0.219. The summed E-state index contributed by atoms with van der Waals surface area (Å²) in [7, 11) is -1.02. The Labute approximate surface area is 264 Å². The van der Waals surface area contributed by atoms with Crippen molar-refractivity contribution < 1.29 is 17.5 Å². The van der Waals surface area contributed by atoms with Crippen LogP contribution in [0, 0.1) is 5.82 Å². The van der Waals surface area contributed by atoms with Crippen molar-refractivity contribution in [2.45, 2.75) is 52.5 Å². The van der Waals surface area contributed by atoms with Crippen LogP contribution in [0.4, 0.5) is 10.1 Å². The van der Waals surface area contributed by atoms with Crippen LogP contribution < -0.4 is 20.8 Å². The van der Waals surface area contributed by atoms with E-state index in [-0.39, 0.29) is 11.1 Å². The molecule has 0 radical (unpaired) electrons. The molecule has 3 aromatic carbocycles. The highest BCUT2D eigenvalue weighted by molar-refractivity contribution is 7.90. The smallest absolute Gasteiger partial charge is 0.198 e. The third-order valence-electron chi connectivity index (χ3n) is 8.60. The Morgan fingerprint density at radius 3 is 2.51 bits per heavy atom. The van der Waals surface area contributed by atoms with Gasteiger partial charge in [-0.15, -0.1) is 0 Å². The standard InChI is InChI=1S/C31H33FN4O2.C4H10O2S/c1-4-25(34-13-12-21-11-8-14-35(21)5-2)23-18-36-26-15-19-9-6-7-10-20(19)16-27(26)38-31-28(33-3)24(32)17-22(29(31)36)30(23)37;1-3-4-7(2,5)6/h4,6-7,9-10,15-18,21,33-34H,5,8,11-14H2,1-3H3;3-4H2,1-2H3. The Morgan fingerprint density at radius 1 is 1.16 bits per heavy atom. The largest absolute Gasteiger partial charge is 0.451 e. The van der Waals surface area contributed by atoms with E-state index in [1.54, 1.807) is 7.05 Å². The molecule has 1 aromatic heterocycles. The van der Waals surface area contributed by atoms with Gasteiger partial charge in [0.1, 0.15) is 21.0 Å². The maximum atomic E-state index is 15.3. The van der Waals surface area contributed by atoms with Crippen LogP contribution in [0.3, 0.4) is 0 Å². The molecule has 240 valence electrons. The van der Waals surface area contributed by atoms with Gasteiger partial charge in [0.15, 0.2) is 22.7 Å². The molecule has 8 nitrogen and oxygen atoms in total. The number of hydrogen-bond donors (Lipinski definition) is 2. The van der Waals surface area contributed by atoms with E-state index < -0.39 is 15.7 Å². The number of anilines is 1. The van der Waals surface area contributed by atoms with Crippen LogP contribution in [0.1, 0.15) is 52.0 Å². The molecule has 2 N–H and O–H groups in total. The fraction of sp³-hybridized carbons (Fsp3) is 0.400. The highest BCUT2D eigenvalue weighted by Crippen LogP contribution is 2.46. The van der Waals surface area contributed by atoms with Crippen LogP contribution in [0.5, 0.6) is 11.5 Å². The number of halogens is 1. The van der Waals surface area contributed by atoms with E-state index in [1.165, 1.54) is 25.2 Å². The van der Waals surface area contributed by atoms with Gasteiger partial charge < -0.3 is 24.8 Å². The van der Waals surface area contributed by atoms with Crippen molar-refractivity contribution in [1.29, 1.82) is 0 Å². The van der Waals surface area contributed by atoms with Crippen LogP contribution in [-0.2, 0) is 9.84 Å². The van der Waals surface area contributed by atoms with Crippen molar-refractivity contribution in [3.05, 3.63) is 76.3 Å². The van der Waals surface area contributed by atoms with Crippen molar-refractivity contribution in [2.24, 2.45) is 0 Å². The van der Waals surface area contributed by atoms with E-state index in [1.807, 2.05) is 55.0 Å². The molecule has 1 saturated heterocycles. The molecule has 4 aromatic rings. The molecule has 10 heteroatoms. The Bertz CT molecular complexity index is 1920. The number of fused-ring (bicyclic) bond motifs is 3. The number of nitrogens with one attached hydrogen (secondary N) is 2. The number of pyridine rings is 1. The predicted octanol–water partition coefficient (Wildman–Crippen LogP) is 6.70. The average molecular weight is 635 g/mol. The second kappa shape index (κ2) is 13.6. The monoisotopic (exact) mass is 634 g/mol. The average Bonchev–Trinajstić information content (AvgIpc) is 3.47. The Kier molecular flexibility index (Phi) is 9.84. The first kappa shape index (κ1) is 32.5. The van der Waals surface area contributed by atoms with Crippen molar-refractivity contribution in [3.8, 4) is 17.2 Å². The molecular weight excluding hydrogens is 591 g/mol. The first-order valence-corrected chi connectivity index (χ1v) is 17.8. The lowest BCUT2D eigenvalue weighted by Gasteiger charge is -2.27. The van der Waals surface area contributed by atoms with E-state index in [9.17, 15) is 13.2 Å². The minimum atomic E-state index is -2.67. The summed E-state index contributed by atoms with van der Waals surface area (Å²) in [6, 6.07) is 14.0. The Morgan fingerprint density at radius 2 is 1.89 bits per heavy atom. The molecule has 1 unspecified atom stereocenters. The first-order chi connectivity index (χ1) is 21.6. The summed E-state index contributed by atoms with van der Waals surface area (Å²) in [4.78, 5) is 16.3. The predicted molar refractivity (Wildman–Crippen MR) is 183 cm³/mol. The van der Waals surface area contributed by atoms with Gasteiger partial charge in [-0.3, -0.25) is 4.79 Å². The highest BCUT2D eigenvalue weighted by Gasteiger charge is 2.28. The van der Waals surface area contributed by atoms with E-state index in [0.29, 0.717) is 39.8 Å². The fourth-order valence-electron chi connectivity index (χ4n) is 6.46. The zero-order valence-electron chi connectivity index (χ0n) is 26.7. The summed E-state index contributed by atoms with van der Waals surface area (Å²) in [5.41, 5.74) is 2.67. The minimum Gasteiger partial charge on any atom is -0.451 e. The van der Waals surface area contributed by atoms with Gasteiger partial charge in [-0.1, -0.05) is 44.2 Å². The Balaban J connectivity index is 0.000000515. The molecular formula is C35H43FN4O4S. The zero-order valence-corrected chi connectivity index (χ0v) is 27.6. The summed E-state index contributed by atoms with van der Waals surface area (Å²) in [6.07, 6.45) is 9.24. The molecule has 0 bridgehead atoms. The van der Waals surface area contributed by atoms with Crippen molar-refractivity contribution in [3.63, 3.8) is 0 Å². The summed E-state index contributed by atoms with van der Waals surface area (Å²) in [5.74, 6) is 0.735. The number of ether oxygens (including phenoxy) is 1. The van der Waals surface area contributed by atoms with Crippen LogP contribution in [0.2, 0.25) is 0 Å². The Hall–Kier alpha value is -3.89. The molecule has 3 heterocycles. The number of allylic oxidation sites excluding steroid dienone is 1. The van der Waals surface area contributed by atoms with Crippen molar-refractivity contribution in [2.75, 3.05) is 44.0 Å². The number of nitrogens with zero attached hydrogens (tertiary/aromatic N) is 2. The third kappa shape index (κ3) is 6.72. The van der Waals surface area contributed by atoms with Gasteiger partial charge in [0, 0.05) is 43.5 Å². The maximum Gasteiger partial charge on any atom is 0.198 e. The van der Waals surface area contributed by atoms with E-state index in [0.717, 1.165) is 54.6 Å². The van der Waals surface area contributed by atoms with Gasteiger partial charge in [0.05, 0.1) is 16.6 Å². The van der Waals surface area contributed by atoms with Gasteiger partial charge in [-0.25, -0.2) is 12.8 Å². The lowest BCUT2D eigenvalue weighted by molar-refractivity contribution is 0.256. The lowest BCUT2D eigenvalue weighted by atomic mass is 10.0. The van der Waals surface area contributed by atoms with Crippen molar-refractivity contribution in [1.82, 2.24) is 14.8 Å². The molecule has 1 atom stereocenters. The van der Waals surface area contributed by atoms with E-state index >= 15 is 4.39 Å². The highest BCUT2D eigenvalue weighted by atomic mass is 32.2. The summed E-state index contributed by atoms with van der Waals surface area (Å²) in [5, 5.41) is 8.82. The maximum absolute atomic E-state index is 15.3. The molecule has 2 aliphatic rings.